The first-order valence-corrected chi connectivity index (χ1v) is 11.1. The largest absolute Gasteiger partial charge is 0.482 e. The fraction of sp³-hybridized carbons (Fsp3) is 0.261. The summed E-state index contributed by atoms with van der Waals surface area (Å²) in [4.78, 5) is 41.8. The molecule has 1 heterocycles. The molecule has 3 rings (SSSR count). The number of anilines is 2. The van der Waals surface area contributed by atoms with Gasteiger partial charge in [-0.2, -0.15) is 0 Å². The summed E-state index contributed by atoms with van der Waals surface area (Å²) in [6, 6.07) is 13.7. The summed E-state index contributed by atoms with van der Waals surface area (Å²) in [6.07, 6.45) is 1.50. The van der Waals surface area contributed by atoms with Crippen LogP contribution in [0.2, 0.25) is 10.0 Å². The molecule has 8 nitrogen and oxygen atoms in total. The third kappa shape index (κ3) is 5.97. The van der Waals surface area contributed by atoms with Crippen LogP contribution in [0.3, 0.4) is 0 Å². The van der Waals surface area contributed by atoms with Gasteiger partial charge in [-0.1, -0.05) is 66.9 Å². The predicted molar refractivity (Wildman–Crippen MR) is 130 cm³/mol. The molecule has 174 valence electrons. The van der Waals surface area contributed by atoms with Crippen molar-refractivity contribution in [2.75, 3.05) is 17.2 Å². The number of H-pyrrole nitrogens is 1. The zero-order valence-electron chi connectivity index (χ0n) is 18.0. The van der Waals surface area contributed by atoms with Gasteiger partial charge in [0.25, 0.3) is 11.5 Å². The van der Waals surface area contributed by atoms with E-state index < -0.39 is 23.8 Å². The van der Waals surface area contributed by atoms with E-state index in [4.69, 9.17) is 33.7 Å². The van der Waals surface area contributed by atoms with Gasteiger partial charge in [-0.3, -0.25) is 24.0 Å². The molecule has 0 saturated heterocycles. The van der Waals surface area contributed by atoms with Gasteiger partial charge in [-0.15, -0.1) is 0 Å². The summed E-state index contributed by atoms with van der Waals surface area (Å²) in [5.41, 5.74) is 5.53. The van der Waals surface area contributed by atoms with Crippen LogP contribution in [0.15, 0.2) is 58.1 Å². The highest BCUT2D eigenvalue weighted by Gasteiger charge is 2.25. The van der Waals surface area contributed by atoms with Crippen molar-refractivity contribution in [2.24, 2.45) is 0 Å². The van der Waals surface area contributed by atoms with Crippen LogP contribution < -0.4 is 26.6 Å². The van der Waals surface area contributed by atoms with E-state index in [0.717, 1.165) is 12.0 Å². The number of unbranched alkanes of at least 4 members (excludes halogenated alkanes) is 1. The summed E-state index contributed by atoms with van der Waals surface area (Å²) in [5, 5.41) is 0.674. The number of aromatic nitrogens is 2. The number of aromatic amines is 1. The van der Waals surface area contributed by atoms with Crippen LogP contribution in [0.4, 0.5) is 11.5 Å². The number of benzene rings is 2. The lowest BCUT2D eigenvalue weighted by molar-refractivity contribution is -0.120. The third-order valence-corrected chi connectivity index (χ3v) is 5.48. The first-order chi connectivity index (χ1) is 15.8. The molecule has 33 heavy (non-hydrogen) atoms. The Bertz CT molecular complexity index is 1240. The number of nitrogen functional groups attached to an aromatic ring is 1. The van der Waals surface area contributed by atoms with E-state index in [1.54, 1.807) is 12.1 Å². The lowest BCUT2D eigenvalue weighted by Crippen LogP contribution is -2.42. The molecule has 0 radical (unpaired) electrons. The van der Waals surface area contributed by atoms with Gasteiger partial charge in [0.15, 0.2) is 12.3 Å². The number of carbonyl (C=O) groups excluding carboxylic acids is 1. The van der Waals surface area contributed by atoms with E-state index in [1.807, 2.05) is 37.3 Å². The monoisotopic (exact) mass is 490 g/mol. The highest BCUT2D eigenvalue weighted by molar-refractivity contribution is 6.35. The van der Waals surface area contributed by atoms with Crippen LogP contribution in [0.5, 0.6) is 5.75 Å². The minimum atomic E-state index is -0.751. The molecule has 0 aliphatic carbocycles. The second kappa shape index (κ2) is 11.1. The molecule has 0 spiro atoms. The van der Waals surface area contributed by atoms with Crippen molar-refractivity contribution in [1.82, 2.24) is 9.55 Å². The van der Waals surface area contributed by atoms with Crippen molar-refractivity contribution in [2.45, 2.75) is 32.9 Å². The van der Waals surface area contributed by atoms with E-state index in [1.165, 1.54) is 15.5 Å². The number of hydrogen-bond acceptors (Lipinski definition) is 5. The van der Waals surface area contributed by atoms with E-state index in [2.05, 4.69) is 4.98 Å². The van der Waals surface area contributed by atoms with Crippen molar-refractivity contribution in [3.8, 4) is 5.75 Å². The van der Waals surface area contributed by atoms with Crippen LogP contribution in [0.1, 0.15) is 25.3 Å². The lowest BCUT2D eigenvalue weighted by Gasteiger charge is -2.25. The maximum atomic E-state index is 13.3. The molecule has 0 saturated carbocycles. The molecule has 3 aromatic rings. The third-order valence-electron chi connectivity index (χ3n) is 4.95. The van der Waals surface area contributed by atoms with E-state index in [9.17, 15) is 14.4 Å². The fourth-order valence-corrected chi connectivity index (χ4v) is 3.71. The van der Waals surface area contributed by atoms with E-state index >= 15 is 0 Å². The van der Waals surface area contributed by atoms with Crippen LogP contribution in [-0.2, 0) is 17.9 Å². The maximum Gasteiger partial charge on any atom is 0.330 e. The van der Waals surface area contributed by atoms with Crippen LogP contribution in [0.25, 0.3) is 0 Å². The number of nitrogens with one attached hydrogen (secondary N) is 1. The second-order valence-electron chi connectivity index (χ2n) is 7.33. The molecule has 0 aliphatic heterocycles. The van der Waals surface area contributed by atoms with Crippen LogP contribution >= 0.6 is 23.2 Å². The average Bonchev–Trinajstić information content (AvgIpc) is 2.78. The standard InChI is InChI=1S/C23H24Cl2N4O4/c1-2-3-11-28-21(26)20(22(31)27-23(28)32)29(13-15-7-5-4-6-8-15)19(30)14-33-18-10-9-16(24)12-17(18)25/h4-10,12H,2-3,11,13-14,26H2,1H3,(H,27,31,32). The van der Waals surface area contributed by atoms with E-state index in [-0.39, 0.29) is 28.8 Å². The minimum Gasteiger partial charge on any atom is -0.482 e. The Morgan fingerprint density at radius 1 is 1.15 bits per heavy atom. The molecule has 10 heteroatoms. The summed E-state index contributed by atoms with van der Waals surface area (Å²) in [7, 11) is 0. The molecular weight excluding hydrogens is 467 g/mol. The number of halogens is 2. The molecule has 0 aliphatic rings. The first-order valence-electron chi connectivity index (χ1n) is 10.4. The zero-order chi connectivity index (χ0) is 24.0. The first kappa shape index (κ1) is 24.4. The summed E-state index contributed by atoms with van der Waals surface area (Å²) >= 11 is 12.0. The summed E-state index contributed by atoms with van der Waals surface area (Å²) in [6.45, 7) is 1.92. The molecule has 1 amide bonds. The molecule has 3 N–H and O–H groups in total. The quantitative estimate of drug-likeness (QED) is 0.473. The van der Waals surface area contributed by atoms with Gasteiger partial charge in [0.05, 0.1) is 11.6 Å². The summed E-state index contributed by atoms with van der Waals surface area (Å²) in [5.74, 6) is -0.349. The van der Waals surface area contributed by atoms with Gasteiger partial charge in [0.1, 0.15) is 11.6 Å². The Balaban J connectivity index is 1.98. The van der Waals surface area contributed by atoms with Crippen molar-refractivity contribution < 1.29 is 9.53 Å². The second-order valence-corrected chi connectivity index (χ2v) is 8.17. The number of amides is 1. The number of nitrogens with two attached hydrogens (primary N) is 1. The summed E-state index contributed by atoms with van der Waals surface area (Å²) < 4.78 is 6.86. The normalized spacial score (nSPS) is 10.8. The zero-order valence-corrected chi connectivity index (χ0v) is 19.5. The van der Waals surface area contributed by atoms with Crippen molar-refractivity contribution in [3.05, 3.63) is 85.0 Å². The van der Waals surface area contributed by atoms with Gasteiger partial charge in [0.2, 0.25) is 0 Å². The number of nitrogens with zero attached hydrogens (tertiary/aromatic N) is 2. The molecular formula is C23H24Cl2N4O4. The number of ether oxygens (including phenoxy) is 1. The van der Waals surface area contributed by atoms with Crippen molar-refractivity contribution in [3.63, 3.8) is 0 Å². The highest BCUT2D eigenvalue weighted by atomic mass is 35.5. The van der Waals surface area contributed by atoms with E-state index in [0.29, 0.717) is 18.0 Å². The molecule has 0 fully saturated rings. The number of rotatable bonds is 9. The van der Waals surface area contributed by atoms with Gasteiger partial charge in [0, 0.05) is 11.6 Å². The maximum absolute atomic E-state index is 13.3. The number of carbonyl (C=O) groups is 1. The predicted octanol–water partition coefficient (Wildman–Crippen LogP) is 3.84. The molecule has 2 aromatic carbocycles. The van der Waals surface area contributed by atoms with Gasteiger partial charge >= 0.3 is 5.69 Å². The smallest absolute Gasteiger partial charge is 0.330 e. The van der Waals surface area contributed by atoms with Gasteiger partial charge in [-0.25, -0.2) is 4.79 Å². The highest BCUT2D eigenvalue weighted by Crippen LogP contribution is 2.28. The van der Waals surface area contributed by atoms with Crippen LogP contribution in [0, 0.1) is 0 Å². The molecule has 0 bridgehead atoms. The number of hydrogen-bond donors (Lipinski definition) is 2. The Hall–Kier alpha value is -3.23. The lowest BCUT2D eigenvalue weighted by atomic mass is 10.2. The molecule has 0 unspecified atom stereocenters. The Morgan fingerprint density at radius 2 is 1.88 bits per heavy atom. The Morgan fingerprint density at radius 3 is 2.55 bits per heavy atom. The van der Waals surface area contributed by atoms with Crippen molar-refractivity contribution in [1.29, 1.82) is 0 Å². The van der Waals surface area contributed by atoms with Crippen molar-refractivity contribution >= 4 is 40.6 Å². The Kier molecular flexibility index (Phi) is 8.19. The molecule has 0 atom stereocenters. The minimum absolute atomic E-state index is 0.0522. The topological polar surface area (TPSA) is 110 Å². The van der Waals surface area contributed by atoms with Gasteiger partial charge < -0.3 is 10.5 Å². The SMILES string of the molecule is CCCCn1c(N)c(N(Cc2ccccc2)C(=O)COc2ccc(Cl)cc2Cl)c(=O)[nH]c1=O. The molecule has 1 aromatic heterocycles. The average molecular weight is 491 g/mol. The Labute approximate surface area is 200 Å². The van der Waals surface area contributed by atoms with Crippen LogP contribution in [-0.4, -0.2) is 22.1 Å². The van der Waals surface area contributed by atoms with Gasteiger partial charge in [-0.05, 0) is 30.2 Å². The fourth-order valence-electron chi connectivity index (χ4n) is 3.24.